The van der Waals surface area contributed by atoms with Crippen molar-refractivity contribution in [2.45, 2.75) is 9.79 Å². The molecule has 0 radical (unpaired) electrons. The predicted molar refractivity (Wildman–Crippen MR) is 143 cm³/mol. The zero-order valence-electron chi connectivity index (χ0n) is 17.9. The van der Waals surface area contributed by atoms with Gasteiger partial charge in [-0.3, -0.25) is 9.69 Å². The van der Waals surface area contributed by atoms with Gasteiger partial charge in [0.05, 0.1) is 34.0 Å². The third-order valence-corrected chi connectivity index (χ3v) is 8.21. The summed E-state index contributed by atoms with van der Waals surface area (Å²) in [6.07, 6.45) is 0. The molecule has 0 unspecified atom stereocenters. The molecule has 2 aliphatic heterocycles. The first-order valence-corrected chi connectivity index (χ1v) is 12.6. The minimum absolute atomic E-state index is 0.0540. The Balaban J connectivity index is 1.54. The van der Waals surface area contributed by atoms with Crippen LogP contribution < -0.4 is 9.80 Å². The monoisotopic (exact) mass is 520 g/mol. The molecular weight excluding hydrogens is 504 g/mol. The van der Waals surface area contributed by atoms with Crippen LogP contribution in [0.1, 0.15) is 10.4 Å². The molecule has 5 heteroatoms. The number of carbonyl (C=O) groups excluding carboxylic acids is 1. The molecule has 0 N–H and O–H groups in total. The first kappa shape index (κ1) is 19.9. The van der Waals surface area contributed by atoms with Crippen LogP contribution in [0.2, 0.25) is 0 Å². The van der Waals surface area contributed by atoms with E-state index in [1.165, 1.54) is 21.4 Å². The van der Waals surface area contributed by atoms with Crippen LogP contribution in [-0.4, -0.2) is 5.91 Å². The van der Waals surface area contributed by atoms with Crippen molar-refractivity contribution in [3.05, 3.63) is 113 Å². The summed E-state index contributed by atoms with van der Waals surface area (Å²) in [5, 5.41) is 2.40. The van der Waals surface area contributed by atoms with E-state index < -0.39 is 0 Å². The SMILES string of the molecule is O=C(c1ccccc1Br)N1c2ccccc2N2c3c(cccc31)Sc1ccc3ccccc3c12. The van der Waals surface area contributed by atoms with E-state index in [-0.39, 0.29) is 5.91 Å². The van der Waals surface area contributed by atoms with Crippen LogP contribution >= 0.6 is 27.7 Å². The molecule has 0 saturated carbocycles. The highest BCUT2D eigenvalue weighted by molar-refractivity contribution is 9.10. The zero-order valence-corrected chi connectivity index (χ0v) is 20.3. The van der Waals surface area contributed by atoms with Gasteiger partial charge in [-0.25, -0.2) is 0 Å². The molecule has 0 spiro atoms. The van der Waals surface area contributed by atoms with Gasteiger partial charge in [-0.15, -0.1) is 0 Å². The predicted octanol–water partition coefficient (Wildman–Crippen LogP) is 8.83. The van der Waals surface area contributed by atoms with Crippen molar-refractivity contribution in [2.24, 2.45) is 0 Å². The van der Waals surface area contributed by atoms with Crippen molar-refractivity contribution in [1.82, 2.24) is 0 Å². The van der Waals surface area contributed by atoms with E-state index in [9.17, 15) is 4.79 Å². The number of carbonyl (C=O) groups is 1. The quantitative estimate of drug-likeness (QED) is 0.216. The number of anilines is 5. The van der Waals surface area contributed by atoms with Gasteiger partial charge in [0.15, 0.2) is 0 Å². The van der Waals surface area contributed by atoms with E-state index in [1.54, 1.807) is 11.8 Å². The van der Waals surface area contributed by atoms with Crippen LogP contribution in [0, 0.1) is 0 Å². The second kappa shape index (κ2) is 7.49. The molecule has 0 aromatic heterocycles. The van der Waals surface area contributed by atoms with E-state index in [0.717, 1.165) is 32.1 Å². The highest BCUT2D eigenvalue weighted by Crippen LogP contribution is 2.61. The Morgan fingerprint density at radius 1 is 0.647 bits per heavy atom. The van der Waals surface area contributed by atoms with Crippen molar-refractivity contribution >= 4 is 72.8 Å². The standard InChI is InChI=1S/C29H17BrN2OS/c30-21-11-4-3-10-20(21)29(33)31-22-12-5-6-13-23(22)32-27-19-9-2-1-8-18(19)16-17-26(27)34-25-15-7-14-24(31)28(25)32/h1-17H. The Bertz CT molecular complexity index is 1650. The van der Waals surface area contributed by atoms with E-state index in [4.69, 9.17) is 0 Å². The summed E-state index contributed by atoms with van der Waals surface area (Å²) in [4.78, 5) is 20.6. The summed E-state index contributed by atoms with van der Waals surface area (Å²) >= 11 is 5.34. The highest BCUT2D eigenvalue weighted by atomic mass is 79.9. The van der Waals surface area contributed by atoms with Crippen molar-refractivity contribution in [1.29, 1.82) is 0 Å². The Hall–Kier alpha value is -3.54. The third kappa shape index (κ3) is 2.74. The van der Waals surface area contributed by atoms with Crippen molar-refractivity contribution < 1.29 is 4.79 Å². The van der Waals surface area contributed by atoms with Crippen molar-refractivity contribution in [3.63, 3.8) is 0 Å². The van der Waals surface area contributed by atoms with E-state index in [2.05, 4.69) is 69.4 Å². The molecule has 0 saturated heterocycles. The number of benzene rings is 5. The largest absolute Gasteiger partial charge is 0.303 e. The van der Waals surface area contributed by atoms with Gasteiger partial charge >= 0.3 is 0 Å². The molecule has 2 heterocycles. The smallest absolute Gasteiger partial charge is 0.264 e. The van der Waals surface area contributed by atoms with Crippen molar-refractivity contribution in [3.8, 4) is 0 Å². The summed E-state index contributed by atoms with van der Waals surface area (Å²) in [5.74, 6) is -0.0540. The molecule has 1 amide bonds. The first-order chi connectivity index (χ1) is 16.7. The molecule has 0 atom stereocenters. The number of para-hydroxylation sites is 3. The fraction of sp³-hybridized carbons (Fsp3) is 0. The third-order valence-electron chi connectivity index (χ3n) is 6.42. The average molecular weight is 521 g/mol. The fourth-order valence-electron chi connectivity index (χ4n) is 4.96. The van der Waals surface area contributed by atoms with Crippen LogP contribution in [0.5, 0.6) is 0 Å². The topological polar surface area (TPSA) is 23.6 Å². The fourth-order valence-corrected chi connectivity index (χ4v) is 6.53. The Labute approximate surface area is 209 Å². The van der Waals surface area contributed by atoms with Gasteiger partial charge in [0, 0.05) is 19.6 Å². The Kier molecular flexibility index (Phi) is 4.38. The summed E-state index contributed by atoms with van der Waals surface area (Å²) in [5.41, 5.74) is 5.62. The molecule has 2 aliphatic rings. The molecule has 0 bridgehead atoms. The number of fused-ring (bicyclic) bond motifs is 6. The minimum Gasteiger partial charge on any atom is -0.303 e. The Morgan fingerprint density at radius 2 is 1.35 bits per heavy atom. The van der Waals surface area contributed by atoms with E-state index >= 15 is 0 Å². The summed E-state index contributed by atoms with van der Waals surface area (Å²) in [7, 11) is 0. The molecule has 5 aromatic rings. The lowest BCUT2D eigenvalue weighted by Crippen LogP contribution is -2.33. The first-order valence-electron chi connectivity index (χ1n) is 11.0. The molecule has 0 aliphatic carbocycles. The van der Waals surface area contributed by atoms with Gasteiger partial charge in [0.2, 0.25) is 0 Å². The second-order valence-electron chi connectivity index (χ2n) is 8.30. The Morgan fingerprint density at radius 3 is 2.24 bits per heavy atom. The van der Waals surface area contributed by atoms with Crippen LogP contribution in [0.15, 0.2) is 117 Å². The maximum absolute atomic E-state index is 14.0. The number of amides is 1. The number of hydrogen-bond acceptors (Lipinski definition) is 3. The van der Waals surface area contributed by atoms with Crippen LogP contribution in [0.4, 0.5) is 28.4 Å². The van der Waals surface area contributed by atoms with Crippen LogP contribution in [0.3, 0.4) is 0 Å². The number of halogens is 1. The molecule has 5 aromatic carbocycles. The van der Waals surface area contributed by atoms with E-state index in [1.807, 2.05) is 59.5 Å². The maximum Gasteiger partial charge on any atom is 0.264 e. The summed E-state index contributed by atoms with van der Waals surface area (Å²) < 4.78 is 0.787. The van der Waals surface area contributed by atoms with Gasteiger partial charge in [-0.05, 0) is 63.8 Å². The minimum atomic E-state index is -0.0540. The average Bonchev–Trinajstić information content (AvgIpc) is 2.88. The molecule has 3 nitrogen and oxygen atoms in total. The van der Waals surface area contributed by atoms with Crippen molar-refractivity contribution in [2.75, 3.05) is 9.80 Å². The van der Waals surface area contributed by atoms with Crippen LogP contribution in [-0.2, 0) is 0 Å². The molecule has 7 rings (SSSR count). The van der Waals surface area contributed by atoms with Gasteiger partial charge in [-0.1, -0.05) is 72.4 Å². The van der Waals surface area contributed by atoms with E-state index in [0.29, 0.717) is 5.56 Å². The number of nitrogens with zero attached hydrogens (tertiary/aromatic N) is 2. The molecule has 34 heavy (non-hydrogen) atoms. The molecule has 0 fully saturated rings. The number of hydrogen-bond donors (Lipinski definition) is 0. The lowest BCUT2D eigenvalue weighted by molar-refractivity contribution is 0.0998. The summed E-state index contributed by atoms with van der Waals surface area (Å²) in [6, 6.07) is 34.9. The lowest BCUT2D eigenvalue weighted by Gasteiger charge is -2.43. The van der Waals surface area contributed by atoms with Crippen LogP contribution in [0.25, 0.3) is 10.8 Å². The lowest BCUT2D eigenvalue weighted by atomic mass is 10.0. The van der Waals surface area contributed by atoms with Gasteiger partial charge in [0.1, 0.15) is 0 Å². The molecular formula is C29H17BrN2OS. The maximum atomic E-state index is 14.0. The second-order valence-corrected chi connectivity index (χ2v) is 10.2. The summed E-state index contributed by atoms with van der Waals surface area (Å²) in [6.45, 7) is 0. The van der Waals surface area contributed by atoms with Gasteiger partial charge in [-0.2, -0.15) is 0 Å². The highest BCUT2D eigenvalue weighted by Gasteiger charge is 2.38. The van der Waals surface area contributed by atoms with Gasteiger partial charge < -0.3 is 4.90 Å². The number of rotatable bonds is 1. The zero-order chi connectivity index (χ0) is 22.8. The normalized spacial score (nSPS) is 13.3. The molecule has 162 valence electrons. The van der Waals surface area contributed by atoms with Gasteiger partial charge in [0.25, 0.3) is 5.91 Å².